The van der Waals surface area contributed by atoms with Gasteiger partial charge in [0, 0.05) is 29.8 Å². The Balaban J connectivity index is 0.000000293. The van der Waals surface area contributed by atoms with Gasteiger partial charge < -0.3 is 25.6 Å². The third kappa shape index (κ3) is 5.44. The fourth-order valence-corrected chi connectivity index (χ4v) is 4.29. The van der Waals surface area contributed by atoms with Crippen molar-refractivity contribution < 1.29 is 24.5 Å². The molecule has 2 aromatic carbocycles. The number of carbonyl (C=O) groups is 2. The third-order valence-corrected chi connectivity index (χ3v) is 5.66. The molecule has 164 valence electrons. The normalized spacial score (nSPS) is 19.3. The number of nitrogens with one attached hydrogen (secondary N) is 2. The van der Waals surface area contributed by atoms with Crippen LogP contribution in [0.3, 0.4) is 0 Å². The van der Waals surface area contributed by atoms with Gasteiger partial charge in [-0.1, -0.05) is 18.2 Å². The van der Waals surface area contributed by atoms with Crippen molar-refractivity contribution in [1.29, 1.82) is 0 Å². The summed E-state index contributed by atoms with van der Waals surface area (Å²) in [5.41, 5.74) is 6.81. The van der Waals surface area contributed by atoms with Gasteiger partial charge in [0.2, 0.25) is 0 Å². The maximum Gasteiger partial charge on any atom is 0.328 e. The van der Waals surface area contributed by atoms with Crippen molar-refractivity contribution in [3.8, 4) is 16.9 Å². The Bertz CT molecular complexity index is 970. The summed E-state index contributed by atoms with van der Waals surface area (Å²) in [5, 5.41) is 22.9. The van der Waals surface area contributed by atoms with Gasteiger partial charge in [-0.3, -0.25) is 0 Å². The van der Waals surface area contributed by atoms with E-state index in [1.54, 1.807) is 7.11 Å². The second-order valence-electron chi connectivity index (χ2n) is 7.64. The van der Waals surface area contributed by atoms with Gasteiger partial charge in [0.05, 0.1) is 7.11 Å². The highest BCUT2D eigenvalue weighted by atomic mass is 16.5. The van der Waals surface area contributed by atoms with Crippen LogP contribution in [0.4, 0.5) is 5.69 Å². The van der Waals surface area contributed by atoms with Crippen LogP contribution in [0.1, 0.15) is 29.9 Å². The minimum atomic E-state index is -1.26. The van der Waals surface area contributed by atoms with Crippen LogP contribution in [-0.4, -0.2) is 48.4 Å². The minimum absolute atomic E-state index is 0.558. The van der Waals surface area contributed by atoms with Crippen molar-refractivity contribution in [2.24, 2.45) is 0 Å². The molecule has 4 N–H and O–H groups in total. The zero-order valence-electron chi connectivity index (χ0n) is 17.7. The van der Waals surface area contributed by atoms with Crippen molar-refractivity contribution >= 4 is 17.6 Å². The Kier molecular flexibility index (Phi) is 7.31. The van der Waals surface area contributed by atoms with Crippen LogP contribution in [0.15, 0.2) is 48.6 Å². The molecule has 0 saturated carbocycles. The van der Waals surface area contributed by atoms with Gasteiger partial charge in [0.1, 0.15) is 5.75 Å². The molecule has 4 rings (SSSR count). The van der Waals surface area contributed by atoms with Crippen LogP contribution in [-0.2, 0) is 9.59 Å². The molecular weight excluding hydrogens is 396 g/mol. The Morgan fingerprint density at radius 3 is 2.39 bits per heavy atom. The molecule has 2 aromatic rings. The molecule has 31 heavy (non-hydrogen) atoms. The molecule has 2 aliphatic heterocycles. The first-order valence-electron chi connectivity index (χ1n) is 10.3. The molecular formula is C24H28N2O5. The summed E-state index contributed by atoms with van der Waals surface area (Å²) < 4.78 is 5.36. The van der Waals surface area contributed by atoms with Crippen LogP contribution < -0.4 is 15.4 Å². The minimum Gasteiger partial charge on any atom is -0.497 e. The van der Waals surface area contributed by atoms with Crippen LogP contribution >= 0.6 is 0 Å². The lowest BCUT2D eigenvalue weighted by atomic mass is 9.85. The van der Waals surface area contributed by atoms with Gasteiger partial charge >= 0.3 is 11.9 Å². The molecule has 0 radical (unpaired) electrons. The van der Waals surface area contributed by atoms with Crippen molar-refractivity contribution in [1.82, 2.24) is 5.32 Å². The fourth-order valence-electron chi connectivity index (χ4n) is 4.29. The van der Waals surface area contributed by atoms with E-state index in [9.17, 15) is 9.59 Å². The van der Waals surface area contributed by atoms with E-state index < -0.39 is 11.9 Å². The predicted octanol–water partition coefficient (Wildman–Crippen LogP) is 3.64. The fraction of sp³-hybridized carbons (Fsp3) is 0.333. The summed E-state index contributed by atoms with van der Waals surface area (Å²) in [6, 6.07) is 13.6. The molecule has 1 saturated heterocycles. The van der Waals surface area contributed by atoms with Gasteiger partial charge in [0.25, 0.3) is 0 Å². The standard InChI is InChI=1S/C20H24N2O.C4H4O4/c1-13-12-14(23-2)6-7-15(13)16-4-3-5-19-20(16)17-8-10-21-11-9-18(17)22-19;5-3(6)1-2-4(7)8/h3-7,12,17-18,21-22H,8-11H2,1-2H3;1-2H,(H,5,6)(H,7,8)/b;2-1-/t17-,18-;/m1./s1. The van der Waals surface area contributed by atoms with Gasteiger partial charge in [-0.05, 0) is 73.3 Å². The summed E-state index contributed by atoms with van der Waals surface area (Å²) in [5.74, 6) is -0.981. The molecule has 1 fully saturated rings. The van der Waals surface area contributed by atoms with Crippen LogP contribution in [0.2, 0.25) is 0 Å². The highest BCUT2D eigenvalue weighted by Gasteiger charge is 2.34. The largest absolute Gasteiger partial charge is 0.497 e. The zero-order chi connectivity index (χ0) is 22.4. The average molecular weight is 424 g/mol. The Labute approximate surface area is 181 Å². The monoisotopic (exact) mass is 424 g/mol. The van der Waals surface area contributed by atoms with Crippen molar-refractivity contribution in [2.75, 3.05) is 25.5 Å². The third-order valence-electron chi connectivity index (χ3n) is 5.66. The van der Waals surface area contributed by atoms with Crippen molar-refractivity contribution in [2.45, 2.75) is 31.7 Å². The predicted molar refractivity (Wildman–Crippen MR) is 120 cm³/mol. The number of benzene rings is 2. The molecule has 0 aromatic heterocycles. The zero-order valence-corrected chi connectivity index (χ0v) is 17.7. The summed E-state index contributed by atoms with van der Waals surface area (Å²) in [6.07, 6.45) is 3.52. The molecule has 2 heterocycles. The number of aryl methyl sites for hydroxylation is 1. The highest BCUT2D eigenvalue weighted by molar-refractivity contribution is 5.89. The van der Waals surface area contributed by atoms with E-state index in [1.807, 2.05) is 0 Å². The smallest absolute Gasteiger partial charge is 0.328 e. The van der Waals surface area contributed by atoms with Gasteiger partial charge in [-0.25, -0.2) is 9.59 Å². The highest BCUT2D eigenvalue weighted by Crippen LogP contribution is 2.46. The van der Waals surface area contributed by atoms with E-state index >= 15 is 0 Å². The van der Waals surface area contributed by atoms with Crippen molar-refractivity contribution in [3.63, 3.8) is 0 Å². The number of aliphatic carboxylic acids is 2. The van der Waals surface area contributed by atoms with E-state index in [0.717, 1.165) is 18.8 Å². The topological polar surface area (TPSA) is 108 Å². The molecule has 7 nitrogen and oxygen atoms in total. The molecule has 2 atom stereocenters. The van der Waals surface area contributed by atoms with Crippen LogP contribution in [0.5, 0.6) is 5.75 Å². The first-order valence-corrected chi connectivity index (χ1v) is 10.3. The maximum absolute atomic E-state index is 9.55. The molecule has 0 spiro atoms. The number of carboxylic acid groups (broad SMARTS) is 2. The molecule has 2 aliphatic rings. The van der Waals surface area contributed by atoms with E-state index in [4.69, 9.17) is 14.9 Å². The SMILES string of the molecule is COc1ccc(-c2cccc3c2[C@@H]2CCNCC[C@H]2N3)c(C)c1.O=C(O)/C=C\C(=O)O. The summed E-state index contributed by atoms with van der Waals surface area (Å²) in [6.45, 7) is 4.39. The Morgan fingerprint density at radius 1 is 1.03 bits per heavy atom. The Hall–Kier alpha value is -3.32. The quantitative estimate of drug-likeness (QED) is 0.555. The van der Waals surface area contributed by atoms with E-state index in [1.165, 1.54) is 40.8 Å². The number of hydrogen-bond acceptors (Lipinski definition) is 5. The first-order chi connectivity index (χ1) is 14.9. The number of rotatable bonds is 4. The van der Waals surface area contributed by atoms with Gasteiger partial charge in [-0.15, -0.1) is 0 Å². The Morgan fingerprint density at radius 2 is 1.74 bits per heavy atom. The second kappa shape index (κ2) is 10.1. The van der Waals surface area contributed by atoms with E-state index in [0.29, 0.717) is 24.1 Å². The number of carboxylic acids is 2. The number of anilines is 1. The molecule has 0 amide bonds. The van der Waals surface area contributed by atoms with Gasteiger partial charge in [-0.2, -0.15) is 0 Å². The maximum atomic E-state index is 9.55. The number of methoxy groups -OCH3 is 1. The number of hydrogen-bond donors (Lipinski definition) is 4. The lowest BCUT2D eigenvalue weighted by Gasteiger charge is -2.19. The van der Waals surface area contributed by atoms with Crippen molar-refractivity contribution in [3.05, 3.63) is 59.7 Å². The van der Waals surface area contributed by atoms with E-state index in [-0.39, 0.29) is 0 Å². The summed E-state index contributed by atoms with van der Waals surface area (Å²) >= 11 is 0. The lowest BCUT2D eigenvalue weighted by Crippen LogP contribution is -2.21. The molecule has 0 unspecified atom stereocenters. The number of ether oxygens (including phenoxy) is 1. The lowest BCUT2D eigenvalue weighted by molar-refractivity contribution is -0.134. The van der Waals surface area contributed by atoms with Gasteiger partial charge in [0.15, 0.2) is 0 Å². The molecule has 0 aliphatic carbocycles. The first kappa shape index (κ1) is 22.4. The second-order valence-corrected chi connectivity index (χ2v) is 7.64. The van der Waals surface area contributed by atoms with E-state index in [2.05, 4.69) is 54.0 Å². The van der Waals surface area contributed by atoms with Crippen LogP contribution in [0, 0.1) is 6.92 Å². The molecule has 7 heteroatoms. The number of fused-ring (bicyclic) bond motifs is 3. The van der Waals surface area contributed by atoms with Crippen LogP contribution in [0.25, 0.3) is 11.1 Å². The average Bonchev–Trinajstić information content (AvgIpc) is 2.94. The summed E-state index contributed by atoms with van der Waals surface area (Å²) in [4.78, 5) is 19.1. The molecule has 0 bridgehead atoms. The summed E-state index contributed by atoms with van der Waals surface area (Å²) in [7, 11) is 1.72.